The van der Waals surface area contributed by atoms with Crippen molar-refractivity contribution in [3.05, 3.63) is 35.9 Å². The van der Waals surface area contributed by atoms with Crippen LogP contribution in [0.2, 0.25) is 0 Å². The second-order valence-corrected chi connectivity index (χ2v) is 4.85. The quantitative estimate of drug-likeness (QED) is 0.851. The molecule has 1 amide bonds. The Kier molecular flexibility index (Phi) is 3.91. The van der Waals surface area contributed by atoms with Crippen molar-refractivity contribution < 1.29 is 14.3 Å². The van der Waals surface area contributed by atoms with Crippen LogP contribution in [-0.4, -0.2) is 28.7 Å². The van der Waals surface area contributed by atoms with Crippen molar-refractivity contribution in [3.63, 3.8) is 0 Å². The molecule has 4 nitrogen and oxygen atoms in total. The van der Waals surface area contributed by atoms with Crippen molar-refractivity contribution in [2.45, 2.75) is 18.9 Å². The van der Waals surface area contributed by atoms with Gasteiger partial charge in [-0.25, -0.2) is 4.79 Å². The largest absolute Gasteiger partial charge is 0.445 e. The van der Waals surface area contributed by atoms with Crippen molar-refractivity contribution in [1.29, 1.82) is 0 Å². The molecular weight excluding hydrogens is 250 g/mol. The molecule has 1 aliphatic rings. The van der Waals surface area contributed by atoms with E-state index >= 15 is 0 Å². The van der Waals surface area contributed by atoms with Gasteiger partial charge in [0.1, 0.15) is 12.4 Å². The minimum absolute atomic E-state index is 0.0575. The molecule has 5 heteroatoms. The molecule has 0 N–H and O–H groups in total. The number of rotatable bonds is 3. The normalized spacial score (nSPS) is 22.2. The van der Waals surface area contributed by atoms with E-state index in [0.29, 0.717) is 6.54 Å². The minimum atomic E-state index is -0.420. The molecule has 0 radical (unpaired) electrons. The van der Waals surface area contributed by atoms with Crippen LogP contribution >= 0.6 is 12.6 Å². The van der Waals surface area contributed by atoms with E-state index < -0.39 is 6.09 Å². The smallest absolute Gasteiger partial charge is 0.411 e. The SMILES string of the molecule is CC(=O)C1CN(C(=O)OCc2ccccc2)C1S. The monoisotopic (exact) mass is 265 g/mol. The second kappa shape index (κ2) is 5.44. The van der Waals surface area contributed by atoms with Gasteiger partial charge in [-0.3, -0.25) is 9.69 Å². The molecule has 1 fully saturated rings. The first kappa shape index (κ1) is 13.0. The molecule has 18 heavy (non-hydrogen) atoms. The van der Waals surface area contributed by atoms with Gasteiger partial charge in [0.15, 0.2) is 0 Å². The summed E-state index contributed by atoms with van der Waals surface area (Å²) in [5.41, 5.74) is 0.935. The maximum absolute atomic E-state index is 11.7. The summed E-state index contributed by atoms with van der Waals surface area (Å²) in [5, 5.41) is -0.356. The Balaban J connectivity index is 1.82. The third kappa shape index (κ3) is 2.67. The number of benzene rings is 1. The predicted molar refractivity (Wildman–Crippen MR) is 70.3 cm³/mol. The molecule has 2 unspecified atom stereocenters. The van der Waals surface area contributed by atoms with Gasteiger partial charge in [0.25, 0.3) is 0 Å². The van der Waals surface area contributed by atoms with Gasteiger partial charge in [0, 0.05) is 6.54 Å². The molecule has 0 saturated carbocycles. The number of likely N-dealkylation sites (tertiary alicyclic amines) is 1. The molecule has 0 aromatic heterocycles. The fourth-order valence-corrected chi connectivity index (χ4v) is 2.31. The van der Waals surface area contributed by atoms with Gasteiger partial charge in [-0.05, 0) is 12.5 Å². The zero-order valence-corrected chi connectivity index (χ0v) is 11.0. The van der Waals surface area contributed by atoms with E-state index in [4.69, 9.17) is 4.74 Å². The van der Waals surface area contributed by atoms with Gasteiger partial charge >= 0.3 is 6.09 Å². The first-order valence-electron chi connectivity index (χ1n) is 5.75. The summed E-state index contributed by atoms with van der Waals surface area (Å²) in [6, 6.07) is 9.46. The van der Waals surface area contributed by atoms with Gasteiger partial charge in [-0.1, -0.05) is 30.3 Å². The number of thiol groups is 1. The van der Waals surface area contributed by atoms with Gasteiger partial charge in [-0.15, -0.1) is 0 Å². The van der Waals surface area contributed by atoms with E-state index in [2.05, 4.69) is 12.6 Å². The summed E-state index contributed by atoms with van der Waals surface area (Å²) < 4.78 is 5.16. The Labute approximate surface area is 111 Å². The number of amides is 1. The average Bonchev–Trinajstić information content (AvgIpc) is 2.35. The van der Waals surface area contributed by atoms with Gasteiger partial charge in [0.2, 0.25) is 0 Å². The van der Waals surface area contributed by atoms with Crippen LogP contribution < -0.4 is 0 Å². The van der Waals surface area contributed by atoms with E-state index in [-0.39, 0.29) is 23.7 Å². The Morgan fingerprint density at radius 3 is 2.61 bits per heavy atom. The molecule has 0 spiro atoms. The Bertz CT molecular complexity index is 449. The lowest BCUT2D eigenvalue weighted by Gasteiger charge is -2.43. The zero-order chi connectivity index (χ0) is 13.1. The molecule has 2 rings (SSSR count). The van der Waals surface area contributed by atoms with Crippen molar-refractivity contribution >= 4 is 24.5 Å². The minimum Gasteiger partial charge on any atom is -0.445 e. The van der Waals surface area contributed by atoms with Crippen molar-refractivity contribution in [1.82, 2.24) is 4.90 Å². The maximum atomic E-state index is 11.7. The summed E-state index contributed by atoms with van der Waals surface area (Å²) in [7, 11) is 0. The third-order valence-electron chi connectivity index (χ3n) is 3.03. The van der Waals surface area contributed by atoms with E-state index in [9.17, 15) is 9.59 Å². The molecule has 1 aromatic rings. The Morgan fingerprint density at radius 2 is 2.06 bits per heavy atom. The number of nitrogens with zero attached hydrogens (tertiary/aromatic N) is 1. The van der Waals surface area contributed by atoms with Crippen molar-refractivity contribution in [2.24, 2.45) is 5.92 Å². The number of ketones is 1. The van der Waals surface area contributed by atoms with Crippen LogP contribution in [-0.2, 0) is 16.1 Å². The molecule has 2 atom stereocenters. The summed E-state index contributed by atoms with van der Waals surface area (Å²) >= 11 is 4.24. The number of Topliss-reactive ketones (excluding diaryl/α,β-unsaturated/α-hetero) is 1. The summed E-state index contributed by atoms with van der Waals surface area (Å²) in [6.45, 7) is 2.15. The standard InChI is InChI=1S/C13H15NO3S/c1-9(15)11-7-14(12(11)18)13(16)17-8-10-5-3-2-4-6-10/h2-6,11-12,18H,7-8H2,1H3. The van der Waals surface area contributed by atoms with Crippen LogP contribution in [0.25, 0.3) is 0 Å². The highest BCUT2D eigenvalue weighted by Gasteiger charge is 2.43. The number of carbonyl (C=O) groups is 2. The lowest BCUT2D eigenvalue weighted by Crippen LogP contribution is -2.58. The molecule has 0 bridgehead atoms. The van der Waals surface area contributed by atoms with Gasteiger partial charge in [0.05, 0.1) is 11.3 Å². The fraction of sp³-hybridized carbons (Fsp3) is 0.385. The topological polar surface area (TPSA) is 46.6 Å². The molecule has 0 aliphatic carbocycles. The van der Waals surface area contributed by atoms with Crippen molar-refractivity contribution in [3.8, 4) is 0 Å². The fourth-order valence-electron chi connectivity index (χ4n) is 1.82. The van der Waals surface area contributed by atoms with Crippen LogP contribution in [0.5, 0.6) is 0 Å². The molecular formula is C13H15NO3S. The maximum Gasteiger partial charge on any atom is 0.411 e. The summed E-state index contributed by atoms with van der Waals surface area (Å²) in [5.74, 6) is -0.111. The molecule has 1 aliphatic heterocycles. The molecule has 1 aromatic carbocycles. The first-order chi connectivity index (χ1) is 8.59. The third-order valence-corrected chi connectivity index (χ3v) is 3.67. The number of hydrogen-bond donors (Lipinski definition) is 1. The van der Waals surface area contributed by atoms with E-state index in [1.165, 1.54) is 11.8 Å². The second-order valence-electron chi connectivity index (χ2n) is 4.32. The lowest BCUT2D eigenvalue weighted by molar-refractivity contribution is -0.125. The van der Waals surface area contributed by atoms with Crippen LogP contribution in [0.1, 0.15) is 12.5 Å². The first-order valence-corrected chi connectivity index (χ1v) is 6.27. The summed E-state index contributed by atoms with van der Waals surface area (Å²) in [6.07, 6.45) is -0.420. The predicted octanol–water partition coefficient (Wildman–Crippen LogP) is 2.10. The van der Waals surface area contributed by atoms with Crippen LogP contribution in [0.3, 0.4) is 0 Å². The Morgan fingerprint density at radius 1 is 1.39 bits per heavy atom. The highest BCUT2D eigenvalue weighted by Crippen LogP contribution is 2.29. The van der Waals surface area contributed by atoms with E-state index in [1.54, 1.807) is 0 Å². The van der Waals surface area contributed by atoms with Crippen molar-refractivity contribution in [2.75, 3.05) is 6.54 Å². The van der Waals surface area contributed by atoms with E-state index in [1.807, 2.05) is 30.3 Å². The zero-order valence-electron chi connectivity index (χ0n) is 10.1. The molecule has 1 heterocycles. The highest BCUT2D eigenvalue weighted by atomic mass is 32.1. The number of hydrogen-bond acceptors (Lipinski definition) is 4. The number of ether oxygens (including phenoxy) is 1. The summed E-state index contributed by atoms with van der Waals surface area (Å²) in [4.78, 5) is 24.3. The number of carbonyl (C=O) groups excluding carboxylic acids is 2. The highest BCUT2D eigenvalue weighted by molar-refractivity contribution is 7.81. The molecule has 96 valence electrons. The van der Waals surface area contributed by atoms with Crippen LogP contribution in [0.15, 0.2) is 30.3 Å². The van der Waals surface area contributed by atoms with Gasteiger partial charge < -0.3 is 4.74 Å². The van der Waals surface area contributed by atoms with Crippen LogP contribution in [0, 0.1) is 5.92 Å². The van der Waals surface area contributed by atoms with Crippen LogP contribution in [0.4, 0.5) is 4.79 Å². The Hall–Kier alpha value is -1.49. The van der Waals surface area contributed by atoms with Gasteiger partial charge in [-0.2, -0.15) is 12.6 Å². The van der Waals surface area contributed by atoms with E-state index in [0.717, 1.165) is 5.56 Å². The average molecular weight is 265 g/mol. The molecule has 1 saturated heterocycles. The lowest BCUT2D eigenvalue weighted by atomic mass is 9.96.